The Morgan fingerprint density at radius 1 is 1.09 bits per heavy atom. The first-order valence-corrected chi connectivity index (χ1v) is 10.9. The van der Waals surface area contributed by atoms with E-state index in [4.69, 9.17) is 9.16 Å². The third kappa shape index (κ3) is 4.65. The molecule has 0 aliphatic heterocycles. The number of halogens is 3. The fourth-order valence-corrected chi connectivity index (χ4v) is 3.34. The van der Waals surface area contributed by atoms with Crippen molar-refractivity contribution >= 4 is 14.1 Å². The van der Waals surface area contributed by atoms with E-state index < -0.39 is 20.3 Å². The minimum atomic E-state index is -4.74. The van der Waals surface area contributed by atoms with E-state index >= 15 is 0 Å². The molecule has 0 N–H and O–H groups in total. The second-order valence-corrected chi connectivity index (χ2v) is 10.5. The molecule has 130 valence electrons. The summed E-state index contributed by atoms with van der Waals surface area (Å²) in [6.45, 7) is 8.04. The van der Waals surface area contributed by atoms with Crippen LogP contribution in [0.2, 0.25) is 19.6 Å². The summed E-state index contributed by atoms with van der Waals surface area (Å²) >= 11 is 0. The van der Waals surface area contributed by atoms with Gasteiger partial charge in [0.05, 0.1) is 0 Å². The summed E-state index contributed by atoms with van der Waals surface area (Å²) in [6, 6.07) is 5.28. The van der Waals surface area contributed by atoms with E-state index in [0.29, 0.717) is 12.0 Å². The predicted octanol–water partition coefficient (Wildman–Crippen LogP) is 4.88. The van der Waals surface area contributed by atoms with Gasteiger partial charge in [0.1, 0.15) is 0 Å². The lowest BCUT2D eigenvalue weighted by Crippen LogP contribution is -2.52. The summed E-state index contributed by atoms with van der Waals surface area (Å²) in [4.78, 5) is 11.6. The average molecular weight is 348 g/mol. The molecule has 1 aromatic rings. The Hall–Kier alpha value is -1.18. The van der Waals surface area contributed by atoms with Crippen LogP contribution in [0.3, 0.4) is 0 Å². The molecule has 0 spiro atoms. The average Bonchev–Trinajstić information content (AvgIpc) is 2.43. The monoisotopic (exact) mass is 348 g/mol. The minimum Gasteiger partial charge on any atom is -0.380 e. The van der Waals surface area contributed by atoms with E-state index in [9.17, 15) is 18.0 Å². The van der Waals surface area contributed by atoms with Crippen molar-refractivity contribution in [2.45, 2.75) is 51.9 Å². The van der Waals surface area contributed by atoms with Gasteiger partial charge in [-0.2, -0.15) is 13.2 Å². The van der Waals surface area contributed by atoms with E-state index in [-0.39, 0.29) is 18.0 Å². The Morgan fingerprint density at radius 2 is 1.61 bits per heavy atom. The molecule has 7 heteroatoms. The summed E-state index contributed by atoms with van der Waals surface area (Å²) in [6.07, 6.45) is -4.44. The summed E-state index contributed by atoms with van der Waals surface area (Å²) in [5.74, 6) is -2.93. The molecule has 3 nitrogen and oxygen atoms in total. The van der Waals surface area contributed by atoms with Crippen LogP contribution >= 0.6 is 0 Å². The van der Waals surface area contributed by atoms with Crippen LogP contribution in [0.1, 0.15) is 36.2 Å². The van der Waals surface area contributed by atoms with Gasteiger partial charge in [-0.3, -0.25) is 4.79 Å². The highest BCUT2D eigenvalue weighted by Gasteiger charge is 2.60. The maximum atomic E-state index is 13.8. The van der Waals surface area contributed by atoms with Crippen LogP contribution in [0.5, 0.6) is 0 Å². The van der Waals surface area contributed by atoms with E-state index in [1.807, 2.05) is 0 Å². The standard InChI is InChI=1S/C16H23F3O3Si/c1-6-14(20)12-8-10-13(11-9-12)15(21-7-2,16(17,18)19)22-23(3,4)5/h8-11H,6-7H2,1-5H3. The Bertz CT molecular complexity index is 535. The van der Waals surface area contributed by atoms with Crippen LogP contribution in [0, 0.1) is 0 Å². The molecule has 0 saturated heterocycles. The third-order valence-electron chi connectivity index (χ3n) is 3.08. The molecular weight excluding hydrogens is 325 g/mol. The number of ketones is 1. The SMILES string of the molecule is CCOC(O[Si](C)(C)C)(c1ccc(C(=O)CC)cc1)C(F)(F)F. The molecule has 0 fully saturated rings. The van der Waals surface area contributed by atoms with Gasteiger partial charge in [-0.05, 0) is 26.6 Å². The molecular formula is C16H23F3O3Si. The lowest BCUT2D eigenvalue weighted by atomic mass is 10.0. The summed E-state index contributed by atoms with van der Waals surface area (Å²) in [5, 5.41) is 0. The van der Waals surface area contributed by atoms with Gasteiger partial charge >= 0.3 is 6.18 Å². The number of rotatable bonds is 7. The summed E-state index contributed by atoms with van der Waals surface area (Å²) in [5.41, 5.74) is 0.221. The van der Waals surface area contributed by atoms with Gasteiger partial charge < -0.3 is 9.16 Å². The van der Waals surface area contributed by atoms with Crippen LogP contribution in [0.4, 0.5) is 13.2 Å². The van der Waals surface area contributed by atoms with E-state index in [1.54, 1.807) is 26.6 Å². The van der Waals surface area contributed by atoms with E-state index in [2.05, 4.69) is 0 Å². The van der Waals surface area contributed by atoms with Crippen LogP contribution in [-0.4, -0.2) is 26.9 Å². The van der Waals surface area contributed by atoms with Crippen LogP contribution < -0.4 is 0 Å². The molecule has 0 heterocycles. The number of carbonyl (C=O) groups excluding carboxylic acids is 1. The Kier molecular flexibility index (Phi) is 6.17. The van der Waals surface area contributed by atoms with E-state index in [1.165, 1.54) is 31.2 Å². The van der Waals surface area contributed by atoms with Crippen molar-refractivity contribution in [3.05, 3.63) is 35.4 Å². The van der Waals surface area contributed by atoms with Gasteiger partial charge in [-0.25, -0.2) is 0 Å². The van der Waals surface area contributed by atoms with Gasteiger partial charge in [0.25, 0.3) is 5.79 Å². The number of hydrogen-bond donors (Lipinski definition) is 0. The second-order valence-electron chi connectivity index (χ2n) is 6.12. The van der Waals surface area contributed by atoms with Crippen LogP contribution in [-0.2, 0) is 14.9 Å². The van der Waals surface area contributed by atoms with Crippen molar-refractivity contribution in [3.8, 4) is 0 Å². The molecule has 0 aliphatic rings. The highest BCUT2D eigenvalue weighted by atomic mass is 28.4. The van der Waals surface area contributed by atoms with Crippen LogP contribution in [0.25, 0.3) is 0 Å². The predicted molar refractivity (Wildman–Crippen MR) is 84.9 cm³/mol. The molecule has 0 amide bonds. The maximum Gasteiger partial charge on any atom is 0.447 e. The topological polar surface area (TPSA) is 35.5 Å². The van der Waals surface area contributed by atoms with E-state index in [0.717, 1.165) is 0 Å². The molecule has 1 atom stereocenters. The smallest absolute Gasteiger partial charge is 0.380 e. The number of alkyl halides is 3. The lowest BCUT2D eigenvalue weighted by Gasteiger charge is -2.40. The molecule has 0 saturated carbocycles. The zero-order valence-electron chi connectivity index (χ0n) is 14.1. The number of benzene rings is 1. The highest BCUT2D eigenvalue weighted by molar-refractivity contribution is 6.69. The molecule has 0 bridgehead atoms. The van der Waals surface area contributed by atoms with Gasteiger partial charge in [-0.15, -0.1) is 0 Å². The molecule has 0 radical (unpaired) electrons. The number of hydrogen-bond acceptors (Lipinski definition) is 3. The first-order chi connectivity index (χ1) is 10.5. The molecule has 0 aliphatic carbocycles. The Labute approximate surface area is 135 Å². The van der Waals surface area contributed by atoms with Crippen molar-refractivity contribution in [2.75, 3.05) is 6.61 Å². The van der Waals surface area contributed by atoms with Crippen molar-refractivity contribution in [1.82, 2.24) is 0 Å². The van der Waals surface area contributed by atoms with Crippen molar-refractivity contribution in [2.24, 2.45) is 0 Å². The maximum absolute atomic E-state index is 13.8. The first-order valence-electron chi connectivity index (χ1n) is 7.51. The fourth-order valence-electron chi connectivity index (χ4n) is 2.19. The van der Waals surface area contributed by atoms with Gasteiger partial charge in [-0.1, -0.05) is 31.2 Å². The third-order valence-corrected chi connectivity index (χ3v) is 3.98. The molecule has 23 heavy (non-hydrogen) atoms. The zero-order valence-corrected chi connectivity index (χ0v) is 15.1. The quantitative estimate of drug-likeness (QED) is 0.400. The number of Topliss-reactive ketones (excluding diaryl/α,β-unsaturated/α-hetero) is 1. The van der Waals surface area contributed by atoms with Crippen LogP contribution in [0.15, 0.2) is 24.3 Å². The lowest BCUT2D eigenvalue weighted by molar-refractivity contribution is -0.365. The highest BCUT2D eigenvalue weighted by Crippen LogP contribution is 2.45. The second kappa shape index (κ2) is 7.15. The van der Waals surface area contributed by atoms with Gasteiger partial charge in [0, 0.05) is 24.2 Å². The zero-order chi connectivity index (χ0) is 17.9. The number of carbonyl (C=O) groups is 1. The summed E-state index contributed by atoms with van der Waals surface area (Å²) in [7, 11) is -2.58. The molecule has 0 aromatic heterocycles. The summed E-state index contributed by atoms with van der Waals surface area (Å²) < 4.78 is 52.0. The molecule has 1 unspecified atom stereocenters. The van der Waals surface area contributed by atoms with Gasteiger partial charge in [0.2, 0.25) is 0 Å². The molecule has 1 aromatic carbocycles. The fraction of sp³-hybridized carbons (Fsp3) is 0.562. The normalized spacial score (nSPS) is 15.3. The largest absolute Gasteiger partial charge is 0.447 e. The van der Waals surface area contributed by atoms with Crippen molar-refractivity contribution in [3.63, 3.8) is 0 Å². The minimum absolute atomic E-state index is 0.128. The van der Waals surface area contributed by atoms with Gasteiger partial charge in [0.15, 0.2) is 14.1 Å². The Morgan fingerprint density at radius 3 is 1.96 bits per heavy atom. The number of ether oxygens (including phenoxy) is 1. The Balaban J connectivity index is 3.41. The molecule has 1 rings (SSSR count). The van der Waals surface area contributed by atoms with Crippen molar-refractivity contribution in [1.29, 1.82) is 0 Å². The first kappa shape index (κ1) is 19.9. The van der Waals surface area contributed by atoms with Crippen molar-refractivity contribution < 1.29 is 27.1 Å².